The van der Waals surface area contributed by atoms with E-state index >= 15 is 0 Å². The van der Waals surface area contributed by atoms with Gasteiger partial charge in [-0.3, -0.25) is 4.79 Å². The SMILES string of the molecule is CCOCCOCCOC(=O)CS.[Sb+5]. The molecular formula is C8H16O4SSb+5. The minimum atomic E-state index is -0.322. The van der Waals surface area contributed by atoms with E-state index in [0.717, 1.165) is 0 Å². The molecule has 0 aliphatic rings. The molecule has 0 amide bonds. The summed E-state index contributed by atoms with van der Waals surface area (Å²) in [5, 5.41) is 0. The van der Waals surface area contributed by atoms with Crippen LogP contribution in [0.15, 0.2) is 0 Å². The number of thiol groups is 1. The zero-order valence-corrected chi connectivity index (χ0v) is 11.7. The molecule has 0 saturated heterocycles. The molecule has 4 nitrogen and oxygen atoms in total. The third-order valence-electron chi connectivity index (χ3n) is 1.20. The molecule has 0 fully saturated rings. The van der Waals surface area contributed by atoms with Crippen molar-refractivity contribution in [3.8, 4) is 0 Å². The number of esters is 1. The summed E-state index contributed by atoms with van der Waals surface area (Å²) in [7, 11) is 0. The maximum absolute atomic E-state index is 10.6. The summed E-state index contributed by atoms with van der Waals surface area (Å²) in [6.07, 6.45) is 0. The minimum absolute atomic E-state index is 0. The van der Waals surface area contributed by atoms with Crippen LogP contribution >= 0.6 is 12.6 Å². The Morgan fingerprint density at radius 1 is 1.14 bits per heavy atom. The quantitative estimate of drug-likeness (QED) is 0.298. The van der Waals surface area contributed by atoms with Crippen LogP contribution < -0.4 is 0 Å². The molecule has 14 heavy (non-hydrogen) atoms. The predicted molar refractivity (Wildman–Crippen MR) is 57.9 cm³/mol. The molecule has 0 heterocycles. The van der Waals surface area contributed by atoms with Gasteiger partial charge in [0.1, 0.15) is 6.61 Å². The van der Waals surface area contributed by atoms with Crippen LogP contribution in [0.25, 0.3) is 0 Å². The Hall–Kier alpha value is 0.558. The summed E-state index contributed by atoms with van der Waals surface area (Å²) in [6, 6.07) is 0. The van der Waals surface area contributed by atoms with Gasteiger partial charge in [0.15, 0.2) is 0 Å². The van der Waals surface area contributed by atoms with Crippen molar-refractivity contribution in [2.24, 2.45) is 0 Å². The van der Waals surface area contributed by atoms with Gasteiger partial charge in [-0.25, -0.2) is 0 Å². The topological polar surface area (TPSA) is 44.8 Å². The molecular weight excluding hydrogens is 314 g/mol. The minimum Gasteiger partial charge on any atom is -0.463 e. The van der Waals surface area contributed by atoms with Crippen LogP contribution in [0.5, 0.6) is 0 Å². The largest absolute Gasteiger partial charge is 5.00 e. The van der Waals surface area contributed by atoms with Gasteiger partial charge in [0.2, 0.25) is 0 Å². The fourth-order valence-electron chi connectivity index (χ4n) is 0.624. The second-order valence-corrected chi connectivity index (χ2v) is 2.50. The van der Waals surface area contributed by atoms with Crippen LogP contribution in [0.3, 0.4) is 0 Å². The van der Waals surface area contributed by atoms with E-state index in [9.17, 15) is 4.79 Å². The monoisotopic (exact) mass is 329 g/mol. The van der Waals surface area contributed by atoms with Crippen LogP contribution in [0.1, 0.15) is 6.92 Å². The van der Waals surface area contributed by atoms with Crippen molar-refractivity contribution < 1.29 is 19.0 Å². The molecule has 0 aromatic heterocycles. The Balaban J connectivity index is 0. The van der Waals surface area contributed by atoms with Gasteiger partial charge in [-0.15, -0.1) is 0 Å². The first-order chi connectivity index (χ1) is 6.31. The second kappa shape index (κ2) is 13.6. The van der Waals surface area contributed by atoms with E-state index in [1.54, 1.807) is 0 Å². The standard InChI is InChI=1S/C8H16O4S.Sb/c1-2-10-3-4-11-5-6-12-8(9)7-13;/h13H,2-7H2,1H3;/q;+5. The average Bonchev–Trinajstić information content (AvgIpc) is 2.16. The molecule has 6 heteroatoms. The molecule has 78 valence electrons. The molecule has 0 atom stereocenters. The van der Waals surface area contributed by atoms with Gasteiger partial charge >= 0.3 is 30.4 Å². The summed E-state index contributed by atoms with van der Waals surface area (Å²) >= 11 is 3.75. The summed E-state index contributed by atoms with van der Waals surface area (Å²) < 4.78 is 14.9. The Morgan fingerprint density at radius 2 is 1.71 bits per heavy atom. The molecule has 0 spiro atoms. The van der Waals surface area contributed by atoms with E-state index in [-0.39, 0.29) is 42.8 Å². The van der Waals surface area contributed by atoms with Crippen LogP contribution in [0, 0.1) is 0 Å². The van der Waals surface area contributed by atoms with Gasteiger partial charge in [0, 0.05) is 6.61 Å². The van der Waals surface area contributed by atoms with Crippen molar-refractivity contribution in [3.05, 3.63) is 0 Å². The molecule has 0 aliphatic heterocycles. The Kier molecular flexibility index (Phi) is 16.4. The van der Waals surface area contributed by atoms with Crippen LogP contribution in [-0.2, 0) is 19.0 Å². The fourth-order valence-corrected chi connectivity index (χ4v) is 0.716. The molecule has 0 bridgehead atoms. The Labute approximate surface area is 108 Å². The van der Waals surface area contributed by atoms with Crippen LogP contribution in [0.4, 0.5) is 0 Å². The zero-order chi connectivity index (χ0) is 9.94. The number of hydrogen-bond donors (Lipinski definition) is 1. The molecule has 0 rings (SSSR count). The van der Waals surface area contributed by atoms with E-state index in [0.29, 0.717) is 26.4 Å². The van der Waals surface area contributed by atoms with E-state index < -0.39 is 0 Å². The van der Waals surface area contributed by atoms with Crippen molar-refractivity contribution in [3.63, 3.8) is 0 Å². The van der Waals surface area contributed by atoms with Crippen molar-refractivity contribution in [1.29, 1.82) is 0 Å². The van der Waals surface area contributed by atoms with Gasteiger partial charge < -0.3 is 14.2 Å². The van der Waals surface area contributed by atoms with Crippen molar-refractivity contribution >= 4 is 43.0 Å². The number of carbonyl (C=O) groups excluding carboxylic acids is 1. The van der Waals surface area contributed by atoms with Crippen LogP contribution in [-0.4, -0.2) is 69.2 Å². The second-order valence-electron chi connectivity index (χ2n) is 2.19. The molecule has 0 aliphatic carbocycles. The third kappa shape index (κ3) is 12.6. The smallest absolute Gasteiger partial charge is 0.463 e. The molecule has 0 N–H and O–H groups in total. The van der Waals surface area contributed by atoms with Crippen molar-refractivity contribution in [2.45, 2.75) is 6.92 Å². The number of rotatable bonds is 8. The predicted octanol–water partition coefficient (Wildman–Crippen LogP) is 0.132. The van der Waals surface area contributed by atoms with Crippen molar-refractivity contribution in [2.75, 3.05) is 38.8 Å². The maximum Gasteiger partial charge on any atom is 5.00 e. The molecule has 0 saturated carbocycles. The van der Waals surface area contributed by atoms with Gasteiger partial charge in [-0.2, -0.15) is 12.6 Å². The molecule has 0 unspecified atom stereocenters. The fraction of sp³-hybridized carbons (Fsp3) is 0.875. The van der Waals surface area contributed by atoms with E-state index in [4.69, 9.17) is 14.2 Å². The molecule has 0 aromatic rings. The Morgan fingerprint density at radius 3 is 2.29 bits per heavy atom. The number of hydrogen-bond acceptors (Lipinski definition) is 5. The summed E-state index contributed by atoms with van der Waals surface area (Å²) in [6.45, 7) is 4.42. The average molecular weight is 330 g/mol. The summed E-state index contributed by atoms with van der Waals surface area (Å²) in [5.74, 6) is -0.212. The van der Waals surface area contributed by atoms with E-state index in [1.165, 1.54) is 0 Å². The third-order valence-corrected chi connectivity index (χ3v) is 1.45. The first kappa shape index (κ1) is 17.0. The number of carbonyl (C=O) groups is 1. The van der Waals surface area contributed by atoms with Gasteiger partial charge in [0.05, 0.1) is 25.6 Å². The first-order valence-corrected chi connectivity index (χ1v) is 4.86. The molecule has 0 aromatic carbocycles. The normalized spacial score (nSPS) is 9.29. The van der Waals surface area contributed by atoms with E-state index in [2.05, 4.69) is 12.6 Å². The zero-order valence-electron chi connectivity index (χ0n) is 8.27. The summed E-state index contributed by atoms with van der Waals surface area (Å²) in [4.78, 5) is 10.6. The van der Waals surface area contributed by atoms with Crippen LogP contribution in [0.2, 0.25) is 0 Å². The first-order valence-electron chi connectivity index (χ1n) is 4.23. The number of ether oxygens (including phenoxy) is 3. The van der Waals surface area contributed by atoms with E-state index in [1.807, 2.05) is 6.92 Å². The van der Waals surface area contributed by atoms with Gasteiger partial charge in [0.25, 0.3) is 0 Å². The Bertz CT molecular complexity index is 135. The van der Waals surface area contributed by atoms with Gasteiger partial charge in [-0.05, 0) is 6.92 Å². The van der Waals surface area contributed by atoms with Gasteiger partial charge in [-0.1, -0.05) is 0 Å². The molecule has 0 radical (unpaired) electrons. The summed E-state index contributed by atoms with van der Waals surface area (Å²) in [5.41, 5.74) is 0. The van der Waals surface area contributed by atoms with Crippen molar-refractivity contribution in [1.82, 2.24) is 0 Å². The maximum atomic E-state index is 10.6.